The fourth-order valence-corrected chi connectivity index (χ4v) is 1.39. The van der Waals surface area contributed by atoms with Crippen LogP contribution in [0.1, 0.15) is 27.2 Å². The van der Waals surface area contributed by atoms with Crippen molar-refractivity contribution in [3.63, 3.8) is 0 Å². The topological polar surface area (TPSA) is 58.6 Å². The number of nitrogens with one attached hydrogen (secondary N) is 1. The van der Waals surface area contributed by atoms with Crippen LogP contribution < -0.4 is 5.32 Å². The molecule has 0 spiro atoms. The molecule has 0 aromatic rings. The first-order valence-corrected chi connectivity index (χ1v) is 6.17. The van der Waals surface area contributed by atoms with E-state index in [0.29, 0.717) is 13.0 Å². The van der Waals surface area contributed by atoms with Crippen molar-refractivity contribution in [2.75, 3.05) is 13.6 Å². The average Bonchev–Trinajstić information content (AvgIpc) is 2.25. The molecule has 0 fully saturated rings. The summed E-state index contributed by atoms with van der Waals surface area (Å²) in [6, 6.07) is -0.669. The minimum absolute atomic E-state index is 0.203. The Morgan fingerprint density at radius 3 is 2.32 bits per heavy atom. The molecule has 0 rings (SSSR count). The molecule has 0 radical (unpaired) electrons. The van der Waals surface area contributed by atoms with Crippen LogP contribution in [-0.2, 0) is 9.53 Å². The summed E-state index contributed by atoms with van der Waals surface area (Å²) in [6.07, 6.45) is 2.94. The molecule has 0 heterocycles. The lowest BCUT2D eigenvalue weighted by atomic mass is 10.1. The van der Waals surface area contributed by atoms with E-state index < -0.39 is 17.7 Å². The summed E-state index contributed by atoms with van der Waals surface area (Å²) in [4.78, 5) is 25.2. The van der Waals surface area contributed by atoms with Gasteiger partial charge in [-0.05, 0) is 27.2 Å². The number of amides is 2. The molecule has 0 aliphatic heterocycles. The summed E-state index contributed by atoms with van der Waals surface area (Å²) >= 11 is 0. The Hall–Kier alpha value is -1.78. The molecule has 0 aliphatic carbocycles. The number of alkyl carbamates (subject to hydrolysis) is 1. The number of hydrogen-bond acceptors (Lipinski definition) is 3. The molecule has 0 aliphatic rings. The van der Waals surface area contributed by atoms with Crippen molar-refractivity contribution in [2.45, 2.75) is 38.8 Å². The quantitative estimate of drug-likeness (QED) is 0.750. The van der Waals surface area contributed by atoms with Gasteiger partial charge in [0.15, 0.2) is 0 Å². The van der Waals surface area contributed by atoms with Crippen molar-refractivity contribution in [2.24, 2.45) is 0 Å². The molecule has 0 aromatic heterocycles. The molecule has 0 aromatic carbocycles. The monoisotopic (exact) mass is 268 g/mol. The van der Waals surface area contributed by atoms with Crippen LogP contribution in [0.2, 0.25) is 0 Å². The Morgan fingerprint density at radius 2 is 1.89 bits per heavy atom. The van der Waals surface area contributed by atoms with Crippen LogP contribution in [0.25, 0.3) is 0 Å². The summed E-state index contributed by atoms with van der Waals surface area (Å²) in [6.45, 7) is 12.9. The molecular weight excluding hydrogens is 244 g/mol. The average molecular weight is 268 g/mol. The third-order valence-corrected chi connectivity index (χ3v) is 2.17. The van der Waals surface area contributed by atoms with E-state index in [0.717, 1.165) is 0 Å². The Kier molecular flexibility index (Phi) is 6.90. The van der Waals surface area contributed by atoms with Crippen molar-refractivity contribution in [3.05, 3.63) is 25.3 Å². The SMILES string of the molecule is C=CC[C@@H](NC(=O)OC(C)(C)C)C(=O)N(C)CC=C. The van der Waals surface area contributed by atoms with E-state index in [-0.39, 0.29) is 5.91 Å². The molecule has 0 unspecified atom stereocenters. The van der Waals surface area contributed by atoms with Gasteiger partial charge in [0, 0.05) is 13.6 Å². The summed E-state index contributed by atoms with van der Waals surface area (Å²) in [5.41, 5.74) is -0.598. The maximum absolute atomic E-state index is 12.1. The van der Waals surface area contributed by atoms with E-state index in [4.69, 9.17) is 4.74 Å². The van der Waals surface area contributed by atoms with Crippen LogP contribution in [0.4, 0.5) is 4.79 Å². The highest BCUT2D eigenvalue weighted by molar-refractivity contribution is 5.85. The van der Waals surface area contributed by atoms with Gasteiger partial charge >= 0.3 is 6.09 Å². The second-order valence-corrected chi connectivity index (χ2v) is 5.23. The lowest BCUT2D eigenvalue weighted by Gasteiger charge is -2.25. The molecule has 2 amide bonds. The van der Waals surface area contributed by atoms with E-state index in [2.05, 4.69) is 18.5 Å². The fourth-order valence-electron chi connectivity index (χ4n) is 1.39. The van der Waals surface area contributed by atoms with Gasteiger partial charge in [0.05, 0.1) is 0 Å². The van der Waals surface area contributed by atoms with Crippen LogP contribution >= 0.6 is 0 Å². The van der Waals surface area contributed by atoms with Crippen molar-refractivity contribution >= 4 is 12.0 Å². The number of carbonyl (C=O) groups is 2. The third-order valence-electron chi connectivity index (χ3n) is 2.17. The standard InChI is InChI=1S/C14H24N2O3/c1-7-9-11(12(17)16(6)10-8-2)15-13(18)19-14(3,4)5/h7-8,11H,1-2,9-10H2,3-6H3,(H,15,18)/t11-/m1/s1. The van der Waals surface area contributed by atoms with Crippen molar-refractivity contribution in [1.82, 2.24) is 10.2 Å². The molecule has 0 bridgehead atoms. The van der Waals surface area contributed by atoms with Crippen LogP contribution in [0.15, 0.2) is 25.3 Å². The van der Waals surface area contributed by atoms with Gasteiger partial charge in [-0.3, -0.25) is 4.79 Å². The van der Waals surface area contributed by atoms with Crippen LogP contribution in [-0.4, -0.2) is 42.1 Å². The number of likely N-dealkylation sites (N-methyl/N-ethyl adjacent to an activating group) is 1. The van der Waals surface area contributed by atoms with Crippen molar-refractivity contribution in [3.8, 4) is 0 Å². The molecule has 19 heavy (non-hydrogen) atoms. The van der Waals surface area contributed by atoms with Gasteiger partial charge in [0.1, 0.15) is 11.6 Å². The first kappa shape index (κ1) is 17.2. The molecule has 5 heteroatoms. The fraction of sp³-hybridized carbons (Fsp3) is 0.571. The Balaban J connectivity index is 4.64. The highest BCUT2D eigenvalue weighted by Gasteiger charge is 2.25. The summed E-state index contributed by atoms with van der Waals surface area (Å²) in [7, 11) is 1.65. The Labute approximate surface area is 115 Å². The van der Waals surface area contributed by atoms with E-state index in [1.54, 1.807) is 40.0 Å². The number of ether oxygens (including phenoxy) is 1. The highest BCUT2D eigenvalue weighted by Crippen LogP contribution is 2.08. The first-order valence-electron chi connectivity index (χ1n) is 6.17. The predicted octanol–water partition coefficient (Wildman–Crippen LogP) is 2.10. The Bertz CT molecular complexity index is 345. The van der Waals surface area contributed by atoms with Gasteiger partial charge in [-0.1, -0.05) is 12.2 Å². The van der Waals surface area contributed by atoms with Crippen molar-refractivity contribution in [1.29, 1.82) is 0 Å². The maximum atomic E-state index is 12.1. The first-order chi connectivity index (χ1) is 8.71. The lowest BCUT2D eigenvalue weighted by Crippen LogP contribution is -2.48. The molecule has 5 nitrogen and oxygen atoms in total. The second-order valence-electron chi connectivity index (χ2n) is 5.23. The van der Waals surface area contributed by atoms with Gasteiger partial charge in [0.25, 0.3) is 0 Å². The van der Waals surface area contributed by atoms with Gasteiger partial charge in [-0.15, -0.1) is 13.2 Å². The normalized spacial score (nSPS) is 12.2. The largest absolute Gasteiger partial charge is 0.444 e. The molecule has 1 atom stereocenters. The van der Waals surface area contributed by atoms with Crippen LogP contribution in [0.5, 0.6) is 0 Å². The number of nitrogens with zero attached hydrogens (tertiary/aromatic N) is 1. The third kappa shape index (κ3) is 7.28. The molecule has 0 saturated carbocycles. The Morgan fingerprint density at radius 1 is 1.32 bits per heavy atom. The lowest BCUT2D eigenvalue weighted by molar-refractivity contribution is -0.131. The van der Waals surface area contributed by atoms with Crippen LogP contribution in [0.3, 0.4) is 0 Å². The minimum Gasteiger partial charge on any atom is -0.444 e. The highest BCUT2D eigenvalue weighted by atomic mass is 16.6. The van der Waals surface area contributed by atoms with E-state index in [1.165, 1.54) is 4.90 Å². The van der Waals surface area contributed by atoms with E-state index in [1.807, 2.05) is 0 Å². The van der Waals surface area contributed by atoms with E-state index in [9.17, 15) is 9.59 Å². The van der Waals surface area contributed by atoms with Gasteiger partial charge in [-0.25, -0.2) is 4.79 Å². The van der Waals surface area contributed by atoms with Crippen LogP contribution in [0, 0.1) is 0 Å². The summed E-state index contributed by atoms with van der Waals surface area (Å²) < 4.78 is 5.13. The maximum Gasteiger partial charge on any atom is 0.408 e. The molecule has 108 valence electrons. The van der Waals surface area contributed by atoms with Crippen molar-refractivity contribution < 1.29 is 14.3 Å². The molecular formula is C14H24N2O3. The predicted molar refractivity (Wildman–Crippen MR) is 75.8 cm³/mol. The second kappa shape index (κ2) is 7.61. The van der Waals surface area contributed by atoms with Gasteiger partial charge in [-0.2, -0.15) is 0 Å². The number of carbonyl (C=O) groups excluding carboxylic acids is 2. The number of rotatable bonds is 6. The minimum atomic E-state index is -0.669. The van der Waals surface area contributed by atoms with Gasteiger partial charge < -0.3 is 15.0 Å². The van der Waals surface area contributed by atoms with E-state index >= 15 is 0 Å². The zero-order valence-electron chi connectivity index (χ0n) is 12.2. The molecule has 0 saturated heterocycles. The molecule has 1 N–H and O–H groups in total. The zero-order valence-corrected chi connectivity index (χ0v) is 12.2. The van der Waals surface area contributed by atoms with Gasteiger partial charge in [0.2, 0.25) is 5.91 Å². The number of hydrogen-bond donors (Lipinski definition) is 1. The summed E-state index contributed by atoms with van der Waals surface area (Å²) in [5.74, 6) is -0.203. The summed E-state index contributed by atoms with van der Waals surface area (Å²) in [5, 5.41) is 2.56. The smallest absolute Gasteiger partial charge is 0.408 e. The zero-order chi connectivity index (χ0) is 15.1.